The lowest BCUT2D eigenvalue weighted by Crippen LogP contribution is -2.52. The van der Waals surface area contributed by atoms with Crippen molar-refractivity contribution in [3.8, 4) is 0 Å². The zero-order chi connectivity index (χ0) is 11.6. The van der Waals surface area contributed by atoms with E-state index in [2.05, 4.69) is 22.5 Å². The molecule has 1 aliphatic rings. The minimum Gasteiger partial charge on any atom is -0.333 e. The van der Waals surface area contributed by atoms with E-state index in [0.717, 1.165) is 18.4 Å². The van der Waals surface area contributed by atoms with Gasteiger partial charge >= 0.3 is 6.03 Å². The first-order valence-electron chi connectivity index (χ1n) is 5.59. The second kappa shape index (κ2) is 4.12. The SMILES string of the molecule is Cc1ccnc(NC(=O)NC2(C)CCC2)c1. The van der Waals surface area contributed by atoms with Crippen LogP contribution in [0.25, 0.3) is 0 Å². The molecule has 1 aliphatic carbocycles. The molecule has 1 aromatic heterocycles. The summed E-state index contributed by atoms with van der Waals surface area (Å²) in [7, 11) is 0. The average Bonchev–Trinajstić information content (AvgIpc) is 2.15. The van der Waals surface area contributed by atoms with E-state index in [0.29, 0.717) is 5.82 Å². The van der Waals surface area contributed by atoms with Crippen LogP contribution in [-0.4, -0.2) is 16.6 Å². The Hall–Kier alpha value is -1.58. The van der Waals surface area contributed by atoms with E-state index in [1.165, 1.54) is 6.42 Å². The lowest BCUT2D eigenvalue weighted by Gasteiger charge is -2.38. The van der Waals surface area contributed by atoms with E-state index < -0.39 is 0 Å². The largest absolute Gasteiger partial charge is 0.333 e. The number of hydrogen-bond acceptors (Lipinski definition) is 2. The number of pyridine rings is 1. The van der Waals surface area contributed by atoms with Crippen LogP contribution in [0.5, 0.6) is 0 Å². The minimum atomic E-state index is -0.166. The Kier molecular flexibility index (Phi) is 2.81. The molecule has 0 aromatic carbocycles. The van der Waals surface area contributed by atoms with Crippen LogP contribution in [0.2, 0.25) is 0 Å². The highest BCUT2D eigenvalue weighted by atomic mass is 16.2. The monoisotopic (exact) mass is 219 g/mol. The molecule has 2 N–H and O–H groups in total. The molecule has 0 bridgehead atoms. The van der Waals surface area contributed by atoms with Gasteiger partial charge in [0.15, 0.2) is 0 Å². The van der Waals surface area contributed by atoms with Crippen molar-refractivity contribution in [2.45, 2.75) is 38.6 Å². The Labute approximate surface area is 95.5 Å². The van der Waals surface area contributed by atoms with E-state index in [1.54, 1.807) is 6.20 Å². The van der Waals surface area contributed by atoms with Gasteiger partial charge in [0.2, 0.25) is 0 Å². The third-order valence-corrected chi connectivity index (χ3v) is 3.03. The van der Waals surface area contributed by atoms with Gasteiger partial charge in [0, 0.05) is 11.7 Å². The molecule has 0 saturated heterocycles. The average molecular weight is 219 g/mol. The lowest BCUT2D eigenvalue weighted by atomic mass is 9.79. The third-order valence-electron chi connectivity index (χ3n) is 3.03. The smallest absolute Gasteiger partial charge is 0.320 e. The van der Waals surface area contributed by atoms with E-state index >= 15 is 0 Å². The van der Waals surface area contributed by atoms with Gasteiger partial charge in [0.1, 0.15) is 5.82 Å². The van der Waals surface area contributed by atoms with E-state index in [4.69, 9.17) is 0 Å². The lowest BCUT2D eigenvalue weighted by molar-refractivity contribution is 0.200. The van der Waals surface area contributed by atoms with Gasteiger partial charge in [-0.3, -0.25) is 5.32 Å². The number of urea groups is 1. The second-order valence-electron chi connectivity index (χ2n) is 4.71. The standard InChI is InChI=1S/C12H17N3O/c1-9-4-7-13-10(8-9)14-11(16)15-12(2)5-3-6-12/h4,7-8H,3,5-6H2,1-2H3,(H2,13,14,15,16). The highest BCUT2D eigenvalue weighted by Gasteiger charge is 2.33. The molecule has 0 atom stereocenters. The van der Waals surface area contributed by atoms with Crippen LogP contribution in [0, 0.1) is 6.92 Å². The van der Waals surface area contributed by atoms with Gasteiger partial charge in [-0.2, -0.15) is 0 Å². The molecule has 4 nitrogen and oxygen atoms in total. The first-order valence-corrected chi connectivity index (χ1v) is 5.59. The number of aromatic nitrogens is 1. The van der Waals surface area contributed by atoms with Crippen molar-refractivity contribution in [2.75, 3.05) is 5.32 Å². The van der Waals surface area contributed by atoms with Crippen LogP contribution >= 0.6 is 0 Å². The van der Waals surface area contributed by atoms with Gasteiger partial charge in [0.25, 0.3) is 0 Å². The summed E-state index contributed by atoms with van der Waals surface area (Å²) >= 11 is 0. The number of nitrogens with zero attached hydrogens (tertiary/aromatic N) is 1. The molecular weight excluding hydrogens is 202 g/mol. The Bertz CT molecular complexity index is 399. The third kappa shape index (κ3) is 2.51. The van der Waals surface area contributed by atoms with Crippen LogP contribution in [-0.2, 0) is 0 Å². The summed E-state index contributed by atoms with van der Waals surface area (Å²) in [5.74, 6) is 0.598. The molecule has 86 valence electrons. The van der Waals surface area contributed by atoms with Gasteiger partial charge in [-0.25, -0.2) is 9.78 Å². The molecule has 0 radical (unpaired) electrons. The maximum Gasteiger partial charge on any atom is 0.320 e. The minimum absolute atomic E-state index is 0.0199. The second-order valence-corrected chi connectivity index (χ2v) is 4.71. The van der Waals surface area contributed by atoms with Crippen LogP contribution < -0.4 is 10.6 Å². The fourth-order valence-corrected chi connectivity index (χ4v) is 1.86. The Balaban J connectivity index is 1.92. The van der Waals surface area contributed by atoms with Crippen molar-refractivity contribution in [1.82, 2.24) is 10.3 Å². The highest BCUT2D eigenvalue weighted by molar-refractivity contribution is 5.88. The van der Waals surface area contributed by atoms with Crippen molar-refractivity contribution in [1.29, 1.82) is 0 Å². The molecule has 1 aromatic rings. The number of aryl methyl sites for hydroxylation is 1. The number of nitrogens with one attached hydrogen (secondary N) is 2. The molecule has 2 rings (SSSR count). The zero-order valence-electron chi connectivity index (χ0n) is 9.71. The fourth-order valence-electron chi connectivity index (χ4n) is 1.86. The summed E-state index contributed by atoms with van der Waals surface area (Å²) in [5, 5.41) is 5.72. The van der Waals surface area contributed by atoms with Gasteiger partial charge in [0.05, 0.1) is 0 Å². The first kappa shape index (κ1) is 10.9. The molecule has 2 amide bonds. The fraction of sp³-hybridized carbons (Fsp3) is 0.500. The predicted molar refractivity (Wildman–Crippen MR) is 63.4 cm³/mol. The quantitative estimate of drug-likeness (QED) is 0.802. The summed E-state index contributed by atoms with van der Waals surface area (Å²) in [5.41, 5.74) is 1.06. The van der Waals surface area contributed by atoms with Crippen molar-refractivity contribution in [2.24, 2.45) is 0 Å². The summed E-state index contributed by atoms with van der Waals surface area (Å²) in [6, 6.07) is 3.58. The van der Waals surface area contributed by atoms with Gasteiger partial charge < -0.3 is 5.32 Å². The summed E-state index contributed by atoms with van der Waals surface area (Å²) in [6.07, 6.45) is 5.00. The van der Waals surface area contributed by atoms with E-state index in [9.17, 15) is 4.79 Å². The first-order chi connectivity index (χ1) is 7.57. The van der Waals surface area contributed by atoms with Crippen LogP contribution in [0.4, 0.5) is 10.6 Å². The Morgan fingerprint density at radius 1 is 1.50 bits per heavy atom. The van der Waals surface area contributed by atoms with Crippen LogP contribution in [0.1, 0.15) is 31.7 Å². The van der Waals surface area contributed by atoms with Crippen molar-refractivity contribution < 1.29 is 4.79 Å². The van der Waals surface area contributed by atoms with Crippen molar-refractivity contribution in [3.05, 3.63) is 23.9 Å². The molecule has 1 fully saturated rings. The predicted octanol–water partition coefficient (Wildman–Crippen LogP) is 2.45. The maximum atomic E-state index is 11.7. The number of rotatable bonds is 2. The summed E-state index contributed by atoms with van der Waals surface area (Å²) < 4.78 is 0. The summed E-state index contributed by atoms with van der Waals surface area (Å²) in [4.78, 5) is 15.8. The summed E-state index contributed by atoms with van der Waals surface area (Å²) in [6.45, 7) is 4.04. The number of anilines is 1. The topological polar surface area (TPSA) is 54.0 Å². The molecule has 0 aliphatic heterocycles. The van der Waals surface area contributed by atoms with Crippen molar-refractivity contribution in [3.63, 3.8) is 0 Å². The highest BCUT2D eigenvalue weighted by Crippen LogP contribution is 2.30. The zero-order valence-corrected chi connectivity index (χ0v) is 9.71. The number of amides is 2. The number of hydrogen-bond donors (Lipinski definition) is 2. The van der Waals surface area contributed by atoms with Gasteiger partial charge in [-0.1, -0.05) is 0 Å². The molecular formula is C12H17N3O. The molecule has 1 saturated carbocycles. The van der Waals surface area contributed by atoms with Crippen LogP contribution in [0.3, 0.4) is 0 Å². The van der Waals surface area contributed by atoms with Gasteiger partial charge in [-0.05, 0) is 50.8 Å². The molecule has 0 unspecified atom stereocenters. The number of carbonyl (C=O) groups is 1. The maximum absolute atomic E-state index is 11.7. The Morgan fingerprint density at radius 3 is 2.81 bits per heavy atom. The van der Waals surface area contributed by atoms with Crippen LogP contribution in [0.15, 0.2) is 18.3 Å². The van der Waals surface area contributed by atoms with Crippen molar-refractivity contribution >= 4 is 11.8 Å². The molecule has 4 heteroatoms. The molecule has 0 spiro atoms. The van der Waals surface area contributed by atoms with Gasteiger partial charge in [-0.15, -0.1) is 0 Å². The van der Waals surface area contributed by atoms with E-state index in [-0.39, 0.29) is 11.6 Å². The molecule has 1 heterocycles. The Morgan fingerprint density at radius 2 is 2.25 bits per heavy atom. The molecule has 16 heavy (non-hydrogen) atoms. The normalized spacial score (nSPS) is 17.4. The van der Waals surface area contributed by atoms with E-state index in [1.807, 2.05) is 19.1 Å². The number of carbonyl (C=O) groups excluding carboxylic acids is 1.